The van der Waals surface area contributed by atoms with E-state index in [0.29, 0.717) is 31.3 Å². The fraction of sp³-hybridized carbons (Fsp3) is 0.357. The summed E-state index contributed by atoms with van der Waals surface area (Å²) in [5.41, 5.74) is 0.522. The Morgan fingerprint density at radius 1 is 1.50 bits per heavy atom. The number of nitrogens with one attached hydrogen (secondary N) is 1. The van der Waals surface area contributed by atoms with Gasteiger partial charge in [-0.1, -0.05) is 0 Å². The zero-order valence-corrected chi connectivity index (χ0v) is 12.0. The normalized spacial score (nSPS) is 18.2. The predicted molar refractivity (Wildman–Crippen MR) is 76.2 cm³/mol. The zero-order valence-electron chi connectivity index (χ0n) is 12.0. The molecule has 22 heavy (non-hydrogen) atoms. The molecule has 0 saturated carbocycles. The summed E-state index contributed by atoms with van der Waals surface area (Å²) in [5, 5.41) is 7.57. The Kier molecular flexibility index (Phi) is 3.92. The van der Waals surface area contributed by atoms with E-state index in [1.54, 1.807) is 24.0 Å². The first-order valence-electron chi connectivity index (χ1n) is 6.89. The van der Waals surface area contributed by atoms with Gasteiger partial charge in [-0.25, -0.2) is 4.98 Å². The first kappa shape index (κ1) is 14.3. The number of aromatic amines is 1. The third kappa shape index (κ3) is 2.86. The average molecular weight is 301 g/mol. The van der Waals surface area contributed by atoms with Crippen LogP contribution in [0.1, 0.15) is 28.0 Å². The number of morpholine rings is 1. The van der Waals surface area contributed by atoms with Crippen molar-refractivity contribution in [3.8, 4) is 0 Å². The molecular weight excluding hydrogens is 286 g/mol. The summed E-state index contributed by atoms with van der Waals surface area (Å²) in [4.78, 5) is 32.8. The number of rotatable bonds is 2. The number of H-pyrrole nitrogens is 1. The van der Waals surface area contributed by atoms with E-state index >= 15 is 0 Å². The topological polar surface area (TPSA) is 101 Å². The third-order valence-electron chi connectivity index (χ3n) is 3.40. The molecular formula is C14H15N5O3. The maximum atomic E-state index is 12.6. The lowest BCUT2D eigenvalue weighted by atomic mass is 10.1. The molecule has 1 N–H and O–H groups in total. The molecule has 1 fully saturated rings. The molecule has 1 amide bonds. The van der Waals surface area contributed by atoms with Crippen molar-refractivity contribution >= 4 is 5.91 Å². The third-order valence-corrected chi connectivity index (χ3v) is 3.40. The van der Waals surface area contributed by atoms with Crippen LogP contribution in [0.3, 0.4) is 0 Å². The maximum Gasteiger partial charge on any atom is 0.275 e. The van der Waals surface area contributed by atoms with Crippen LogP contribution in [0.25, 0.3) is 0 Å². The molecule has 1 aliphatic heterocycles. The van der Waals surface area contributed by atoms with E-state index in [2.05, 4.69) is 20.2 Å². The van der Waals surface area contributed by atoms with Crippen LogP contribution in [0.15, 0.2) is 29.2 Å². The maximum absolute atomic E-state index is 12.6. The lowest BCUT2D eigenvalue weighted by Crippen LogP contribution is -2.44. The largest absolute Gasteiger partial charge is 0.377 e. The number of ether oxygens (including phenoxy) is 1. The minimum absolute atomic E-state index is 0.249. The van der Waals surface area contributed by atoms with Crippen molar-refractivity contribution in [2.45, 2.75) is 13.0 Å². The second-order valence-corrected chi connectivity index (χ2v) is 4.95. The van der Waals surface area contributed by atoms with E-state index in [0.717, 1.165) is 0 Å². The predicted octanol–water partition coefficient (Wildman–Crippen LogP) is 0.0820. The van der Waals surface area contributed by atoms with Crippen LogP contribution in [-0.2, 0) is 4.74 Å². The van der Waals surface area contributed by atoms with Crippen LogP contribution >= 0.6 is 0 Å². The van der Waals surface area contributed by atoms with Gasteiger partial charge in [-0.3, -0.25) is 9.59 Å². The van der Waals surface area contributed by atoms with Crippen LogP contribution in [0.5, 0.6) is 0 Å². The molecule has 1 aliphatic rings. The molecule has 0 aliphatic carbocycles. The Morgan fingerprint density at radius 3 is 3.09 bits per heavy atom. The van der Waals surface area contributed by atoms with Crippen LogP contribution in [0, 0.1) is 6.92 Å². The van der Waals surface area contributed by atoms with Crippen molar-refractivity contribution in [2.24, 2.45) is 0 Å². The Hall–Kier alpha value is -2.61. The van der Waals surface area contributed by atoms with Crippen molar-refractivity contribution in [1.82, 2.24) is 25.1 Å². The van der Waals surface area contributed by atoms with Gasteiger partial charge in [0.2, 0.25) is 0 Å². The lowest BCUT2D eigenvalue weighted by molar-refractivity contribution is -0.00438. The number of carbonyl (C=O) groups excluding carboxylic acids is 1. The number of aromatic nitrogens is 4. The van der Waals surface area contributed by atoms with Crippen LogP contribution in [0.4, 0.5) is 0 Å². The standard InChI is InChI=1S/C14H15N5O3/c1-9-16-11(7-13(20)17-9)12-8-22-6-5-19(12)14(21)10-3-2-4-15-18-10/h2-4,7,12H,5-6,8H2,1H3,(H,16,17,20)/t12-/m1/s1. The smallest absolute Gasteiger partial charge is 0.275 e. The van der Waals surface area contributed by atoms with Gasteiger partial charge < -0.3 is 14.6 Å². The molecule has 3 rings (SSSR count). The summed E-state index contributed by atoms with van der Waals surface area (Å²) in [6.45, 7) is 2.84. The fourth-order valence-electron chi connectivity index (χ4n) is 2.43. The van der Waals surface area contributed by atoms with E-state index in [1.807, 2.05) is 0 Å². The number of carbonyl (C=O) groups is 1. The van der Waals surface area contributed by atoms with E-state index in [4.69, 9.17) is 4.74 Å². The fourth-order valence-corrected chi connectivity index (χ4v) is 2.43. The summed E-state index contributed by atoms with van der Waals surface area (Å²) >= 11 is 0. The zero-order chi connectivity index (χ0) is 15.5. The van der Waals surface area contributed by atoms with Crippen molar-refractivity contribution in [2.75, 3.05) is 19.8 Å². The Labute approximate surface area is 126 Å². The van der Waals surface area contributed by atoms with Gasteiger partial charge in [0.1, 0.15) is 5.82 Å². The number of amides is 1. The molecule has 0 aromatic carbocycles. The van der Waals surface area contributed by atoms with Gasteiger partial charge >= 0.3 is 0 Å². The number of hydrogen-bond acceptors (Lipinski definition) is 6. The molecule has 0 bridgehead atoms. The second-order valence-electron chi connectivity index (χ2n) is 4.95. The Morgan fingerprint density at radius 2 is 2.36 bits per heavy atom. The van der Waals surface area contributed by atoms with Crippen LogP contribution in [0.2, 0.25) is 0 Å². The van der Waals surface area contributed by atoms with E-state index in [9.17, 15) is 9.59 Å². The van der Waals surface area contributed by atoms with Crippen LogP contribution < -0.4 is 5.56 Å². The van der Waals surface area contributed by atoms with E-state index < -0.39 is 6.04 Å². The SMILES string of the molecule is Cc1nc([C@H]2COCCN2C(=O)c2cccnn2)cc(=O)[nH]1. The average Bonchev–Trinajstić information content (AvgIpc) is 2.54. The lowest BCUT2D eigenvalue weighted by Gasteiger charge is -2.34. The highest BCUT2D eigenvalue weighted by Crippen LogP contribution is 2.23. The molecule has 1 atom stereocenters. The molecule has 2 aromatic rings. The summed E-state index contributed by atoms with van der Waals surface area (Å²) in [5.74, 6) is 0.251. The molecule has 114 valence electrons. The summed E-state index contributed by atoms with van der Waals surface area (Å²) in [7, 11) is 0. The minimum atomic E-state index is -0.413. The number of aryl methyl sites for hydroxylation is 1. The first-order valence-corrected chi connectivity index (χ1v) is 6.89. The minimum Gasteiger partial charge on any atom is -0.377 e. The molecule has 8 nitrogen and oxygen atoms in total. The highest BCUT2D eigenvalue weighted by atomic mass is 16.5. The van der Waals surface area contributed by atoms with Crippen molar-refractivity contribution < 1.29 is 9.53 Å². The molecule has 1 saturated heterocycles. The summed E-state index contributed by atoms with van der Waals surface area (Å²) in [6, 6.07) is 4.25. The molecule has 8 heteroatoms. The number of hydrogen-bond donors (Lipinski definition) is 1. The van der Waals surface area contributed by atoms with E-state index in [1.165, 1.54) is 12.3 Å². The van der Waals surface area contributed by atoms with Crippen molar-refractivity contribution in [1.29, 1.82) is 0 Å². The van der Waals surface area contributed by atoms with Crippen molar-refractivity contribution in [3.63, 3.8) is 0 Å². The number of nitrogens with zero attached hydrogens (tertiary/aromatic N) is 4. The van der Waals surface area contributed by atoms with E-state index in [-0.39, 0.29) is 17.2 Å². The van der Waals surface area contributed by atoms with Gasteiger partial charge in [0.05, 0.1) is 24.9 Å². The highest BCUT2D eigenvalue weighted by molar-refractivity contribution is 5.92. The van der Waals surface area contributed by atoms with Gasteiger partial charge in [-0.15, -0.1) is 5.10 Å². The molecule has 0 radical (unpaired) electrons. The summed E-state index contributed by atoms with van der Waals surface area (Å²) in [6.07, 6.45) is 1.51. The van der Waals surface area contributed by atoms with Crippen LogP contribution in [-0.4, -0.2) is 50.7 Å². The summed E-state index contributed by atoms with van der Waals surface area (Å²) < 4.78 is 5.45. The van der Waals surface area contributed by atoms with Gasteiger partial charge in [-0.05, 0) is 19.1 Å². The van der Waals surface area contributed by atoms with Gasteiger partial charge in [-0.2, -0.15) is 5.10 Å². The molecule has 3 heterocycles. The van der Waals surface area contributed by atoms with Gasteiger partial charge in [0.25, 0.3) is 11.5 Å². The Bertz CT molecular complexity index is 731. The monoisotopic (exact) mass is 301 g/mol. The van der Waals surface area contributed by atoms with Crippen molar-refractivity contribution in [3.05, 3.63) is 52.0 Å². The second kappa shape index (κ2) is 6.02. The first-order chi connectivity index (χ1) is 10.6. The molecule has 0 unspecified atom stereocenters. The quantitative estimate of drug-likeness (QED) is 0.843. The molecule has 2 aromatic heterocycles. The van der Waals surface area contributed by atoms with Gasteiger partial charge in [0.15, 0.2) is 5.69 Å². The van der Waals surface area contributed by atoms with Gasteiger partial charge in [0, 0.05) is 18.8 Å². The highest BCUT2D eigenvalue weighted by Gasteiger charge is 2.31. The Balaban J connectivity index is 1.94. The molecule has 0 spiro atoms.